The van der Waals surface area contributed by atoms with Gasteiger partial charge in [-0.2, -0.15) is 0 Å². The molecule has 3 fully saturated rings. The Balaban J connectivity index is 1.74. The van der Waals surface area contributed by atoms with E-state index in [1.54, 1.807) is 0 Å². The minimum Gasteiger partial charge on any atom is -0.377 e. The van der Waals surface area contributed by atoms with Gasteiger partial charge in [0.2, 0.25) is 0 Å². The Hall–Kier alpha value is -1.51. The van der Waals surface area contributed by atoms with Crippen molar-refractivity contribution in [2.24, 2.45) is 35.0 Å². The van der Waals surface area contributed by atoms with Crippen molar-refractivity contribution in [3.8, 4) is 24.2 Å². The van der Waals surface area contributed by atoms with Gasteiger partial charge in [-0.3, -0.25) is 4.79 Å². The number of aliphatic hydroxyl groups is 1. The van der Waals surface area contributed by atoms with Crippen LogP contribution in [0, 0.1) is 59.2 Å². The molecule has 0 unspecified atom stereocenters. The lowest BCUT2D eigenvalue weighted by atomic mass is 9.47. The number of fused-ring (bicyclic) bond motifs is 5. The highest BCUT2D eigenvalue weighted by molar-refractivity contribution is 5.91. The Morgan fingerprint density at radius 1 is 1.28 bits per heavy atom. The number of hydrogen-bond acceptors (Lipinski definition) is 2. The number of ketones is 1. The van der Waals surface area contributed by atoms with Crippen LogP contribution in [0.5, 0.6) is 0 Å². The van der Waals surface area contributed by atoms with Crippen LogP contribution in [0.4, 0.5) is 0 Å². The first-order valence-electron chi connectivity index (χ1n) is 9.79. The van der Waals surface area contributed by atoms with Gasteiger partial charge in [0.15, 0.2) is 5.78 Å². The van der Waals surface area contributed by atoms with Crippen LogP contribution in [0.15, 0.2) is 11.6 Å². The van der Waals surface area contributed by atoms with E-state index in [4.69, 9.17) is 6.42 Å². The molecule has 4 rings (SSSR count). The van der Waals surface area contributed by atoms with Crippen LogP contribution >= 0.6 is 0 Å². The number of carbonyl (C=O) groups excluding carboxylic acids is 1. The lowest BCUT2D eigenvalue weighted by molar-refractivity contribution is -0.117. The van der Waals surface area contributed by atoms with Crippen molar-refractivity contribution in [1.82, 2.24) is 0 Å². The van der Waals surface area contributed by atoms with E-state index < -0.39 is 5.60 Å². The standard InChI is InChI=1S/C23H28O2/c1-4-11-23(25)12-10-20-19-8-6-16-13-17(24)7-9-18(16)21(19)15(5-2)14-22(20,23)3/h2,13,15,18-21,25H,6-10,12,14H2,1,3H3/t15-,18-,19-,20-,21+,22-,23-/m0/s1. The molecule has 0 saturated heterocycles. The van der Waals surface area contributed by atoms with Crippen LogP contribution in [-0.2, 0) is 4.79 Å². The summed E-state index contributed by atoms with van der Waals surface area (Å²) >= 11 is 0. The summed E-state index contributed by atoms with van der Waals surface area (Å²) in [5.74, 6) is 11.7. The first-order valence-corrected chi connectivity index (χ1v) is 9.79. The van der Waals surface area contributed by atoms with Gasteiger partial charge in [0.25, 0.3) is 0 Å². The molecule has 132 valence electrons. The zero-order chi connectivity index (χ0) is 17.8. The molecule has 2 heteroatoms. The van der Waals surface area contributed by atoms with Crippen LogP contribution in [0.2, 0.25) is 0 Å². The summed E-state index contributed by atoms with van der Waals surface area (Å²) in [5, 5.41) is 11.3. The van der Waals surface area contributed by atoms with Crippen molar-refractivity contribution < 1.29 is 9.90 Å². The van der Waals surface area contributed by atoms with Gasteiger partial charge in [-0.1, -0.05) is 18.4 Å². The summed E-state index contributed by atoms with van der Waals surface area (Å²) < 4.78 is 0. The van der Waals surface area contributed by atoms with E-state index in [9.17, 15) is 9.90 Å². The molecule has 0 heterocycles. The van der Waals surface area contributed by atoms with Crippen molar-refractivity contribution in [3.05, 3.63) is 11.6 Å². The summed E-state index contributed by atoms with van der Waals surface area (Å²) in [4.78, 5) is 11.9. The SMILES string of the molecule is C#C[C@H]1C[C@@]2(C)[C@@H](CC[C@@]2(O)C#CC)[C@@H]2CCC3=CC(=O)CC[C@@H]3[C@H]21. The van der Waals surface area contributed by atoms with Gasteiger partial charge in [-0.25, -0.2) is 0 Å². The first kappa shape index (κ1) is 16.9. The van der Waals surface area contributed by atoms with Crippen LogP contribution in [0.3, 0.4) is 0 Å². The summed E-state index contributed by atoms with van der Waals surface area (Å²) in [6.45, 7) is 4.04. The molecule has 0 aliphatic heterocycles. The second kappa shape index (κ2) is 5.75. The monoisotopic (exact) mass is 336 g/mol. The van der Waals surface area contributed by atoms with E-state index in [0.29, 0.717) is 30.1 Å². The van der Waals surface area contributed by atoms with Crippen LogP contribution in [-0.4, -0.2) is 16.5 Å². The molecular formula is C23H28O2. The molecule has 0 radical (unpaired) electrons. The highest BCUT2D eigenvalue weighted by Crippen LogP contribution is 2.66. The number of terminal acetylenes is 1. The minimum absolute atomic E-state index is 0.177. The number of carbonyl (C=O) groups is 1. The van der Waals surface area contributed by atoms with Crippen molar-refractivity contribution in [2.75, 3.05) is 0 Å². The van der Waals surface area contributed by atoms with Gasteiger partial charge >= 0.3 is 0 Å². The second-order valence-electron chi connectivity index (χ2n) is 8.89. The van der Waals surface area contributed by atoms with Gasteiger partial charge < -0.3 is 5.11 Å². The predicted molar refractivity (Wildman–Crippen MR) is 98.2 cm³/mol. The minimum atomic E-state index is -0.898. The molecule has 25 heavy (non-hydrogen) atoms. The molecule has 3 saturated carbocycles. The molecule has 7 atom stereocenters. The van der Waals surface area contributed by atoms with Gasteiger partial charge in [-0.05, 0) is 75.2 Å². The Labute approximate surface area is 151 Å². The molecular weight excluding hydrogens is 308 g/mol. The van der Waals surface area contributed by atoms with Crippen molar-refractivity contribution in [1.29, 1.82) is 0 Å². The third-order valence-electron chi connectivity index (χ3n) is 8.00. The fourth-order valence-electron chi connectivity index (χ4n) is 6.90. The van der Waals surface area contributed by atoms with Gasteiger partial charge in [0.1, 0.15) is 5.60 Å². The highest BCUT2D eigenvalue weighted by atomic mass is 16.3. The number of hydrogen-bond donors (Lipinski definition) is 1. The Bertz CT molecular complexity index is 729. The van der Waals surface area contributed by atoms with E-state index in [1.165, 1.54) is 5.57 Å². The molecule has 0 aromatic rings. The predicted octanol–water partition coefficient (Wildman–Crippen LogP) is 3.74. The summed E-state index contributed by atoms with van der Waals surface area (Å²) in [6.07, 6.45) is 14.4. The Morgan fingerprint density at radius 2 is 2.08 bits per heavy atom. The second-order valence-corrected chi connectivity index (χ2v) is 8.89. The maximum atomic E-state index is 11.9. The average Bonchev–Trinajstić information content (AvgIpc) is 2.85. The lowest BCUT2D eigenvalue weighted by Crippen LogP contribution is -2.55. The van der Waals surface area contributed by atoms with Crippen LogP contribution < -0.4 is 0 Å². The van der Waals surface area contributed by atoms with E-state index >= 15 is 0 Å². The molecule has 0 spiro atoms. The zero-order valence-corrected chi connectivity index (χ0v) is 15.3. The molecule has 1 N–H and O–H groups in total. The average molecular weight is 336 g/mol. The zero-order valence-electron chi connectivity index (χ0n) is 15.3. The molecule has 4 aliphatic carbocycles. The lowest BCUT2D eigenvalue weighted by Gasteiger charge is -2.56. The van der Waals surface area contributed by atoms with Crippen molar-refractivity contribution >= 4 is 5.78 Å². The Kier molecular flexibility index (Phi) is 3.90. The van der Waals surface area contributed by atoms with E-state index in [1.807, 2.05) is 13.0 Å². The topological polar surface area (TPSA) is 37.3 Å². The van der Waals surface area contributed by atoms with Gasteiger partial charge in [0, 0.05) is 17.8 Å². The molecule has 0 bridgehead atoms. The molecule has 0 aromatic carbocycles. The fraction of sp³-hybridized carbons (Fsp3) is 0.696. The maximum Gasteiger partial charge on any atom is 0.155 e. The normalized spacial score (nSPS) is 48.2. The third kappa shape index (κ3) is 2.27. The first-order chi connectivity index (χ1) is 11.9. The Morgan fingerprint density at radius 3 is 2.80 bits per heavy atom. The molecule has 2 nitrogen and oxygen atoms in total. The van der Waals surface area contributed by atoms with E-state index in [-0.39, 0.29) is 17.1 Å². The largest absolute Gasteiger partial charge is 0.377 e. The number of allylic oxidation sites excluding steroid dienone is 1. The number of rotatable bonds is 0. The van der Waals surface area contributed by atoms with E-state index in [2.05, 4.69) is 24.7 Å². The smallest absolute Gasteiger partial charge is 0.155 e. The van der Waals surface area contributed by atoms with Gasteiger partial charge in [-0.15, -0.1) is 18.3 Å². The van der Waals surface area contributed by atoms with Crippen molar-refractivity contribution in [3.63, 3.8) is 0 Å². The summed E-state index contributed by atoms with van der Waals surface area (Å²) in [7, 11) is 0. The summed E-state index contributed by atoms with van der Waals surface area (Å²) in [5.41, 5.74) is 0.244. The molecule has 4 aliphatic rings. The van der Waals surface area contributed by atoms with Crippen molar-refractivity contribution in [2.45, 2.75) is 64.4 Å². The van der Waals surface area contributed by atoms with Gasteiger partial charge in [0.05, 0.1) is 0 Å². The fourth-order valence-corrected chi connectivity index (χ4v) is 6.90. The van der Waals surface area contributed by atoms with Crippen LogP contribution in [0.25, 0.3) is 0 Å². The van der Waals surface area contributed by atoms with Crippen LogP contribution in [0.1, 0.15) is 58.8 Å². The maximum absolute atomic E-state index is 11.9. The quantitative estimate of drug-likeness (QED) is 0.684. The summed E-state index contributed by atoms with van der Waals surface area (Å²) in [6, 6.07) is 0. The molecule has 0 aromatic heterocycles. The highest BCUT2D eigenvalue weighted by Gasteiger charge is 2.64. The van der Waals surface area contributed by atoms with E-state index in [0.717, 1.165) is 38.5 Å². The molecule has 0 amide bonds. The third-order valence-corrected chi connectivity index (χ3v) is 8.00.